The van der Waals surface area contributed by atoms with Crippen molar-refractivity contribution in [3.63, 3.8) is 0 Å². The molecule has 4 aliphatic rings. The van der Waals surface area contributed by atoms with E-state index in [1.807, 2.05) is 42.7 Å². The molecular weight excluding hydrogens is 628 g/mol. The highest BCUT2D eigenvalue weighted by atomic mass is 16.4. The summed E-state index contributed by atoms with van der Waals surface area (Å²) in [6.07, 6.45) is 19.0. The van der Waals surface area contributed by atoms with Gasteiger partial charge in [0.15, 0.2) is 5.82 Å². The van der Waals surface area contributed by atoms with E-state index < -0.39 is 23.8 Å². The molecule has 4 fully saturated rings. The fourth-order valence-corrected chi connectivity index (χ4v) is 8.31. The Morgan fingerprint density at radius 1 is 0.840 bits per heavy atom. The van der Waals surface area contributed by atoms with Crippen LogP contribution >= 0.6 is 0 Å². The van der Waals surface area contributed by atoms with Crippen molar-refractivity contribution in [2.45, 2.75) is 89.5 Å². The van der Waals surface area contributed by atoms with E-state index in [0.717, 1.165) is 66.1 Å². The van der Waals surface area contributed by atoms with Crippen LogP contribution in [-0.4, -0.2) is 75.0 Å². The van der Waals surface area contributed by atoms with Crippen molar-refractivity contribution in [1.82, 2.24) is 25.2 Å². The molecule has 0 unspecified atom stereocenters. The summed E-state index contributed by atoms with van der Waals surface area (Å²) < 4.78 is 0. The third-order valence-electron chi connectivity index (χ3n) is 11.7. The molecular formula is C40H50N6O4. The van der Waals surface area contributed by atoms with Gasteiger partial charge in [0.2, 0.25) is 5.91 Å². The van der Waals surface area contributed by atoms with Crippen molar-refractivity contribution >= 4 is 23.5 Å². The number of anilines is 1. The number of carboxylic acid groups (broad SMARTS) is 1. The summed E-state index contributed by atoms with van der Waals surface area (Å²) in [6.45, 7) is 4.70. The second-order valence-corrected chi connectivity index (χ2v) is 15.1. The van der Waals surface area contributed by atoms with Crippen LogP contribution < -0.4 is 10.2 Å². The van der Waals surface area contributed by atoms with Crippen LogP contribution in [0.5, 0.6) is 0 Å². The summed E-state index contributed by atoms with van der Waals surface area (Å²) in [5, 5.41) is 12.2. The maximum atomic E-state index is 13.5. The zero-order valence-corrected chi connectivity index (χ0v) is 29.2. The van der Waals surface area contributed by atoms with E-state index in [9.17, 15) is 19.5 Å². The number of carbonyl (C=O) groups excluding carboxylic acids is 2. The van der Waals surface area contributed by atoms with Crippen LogP contribution in [0.1, 0.15) is 98.7 Å². The van der Waals surface area contributed by atoms with Gasteiger partial charge in [0.25, 0.3) is 5.91 Å². The first kappa shape index (κ1) is 34.1. The van der Waals surface area contributed by atoms with Crippen molar-refractivity contribution in [3.8, 4) is 11.4 Å². The van der Waals surface area contributed by atoms with Gasteiger partial charge in [-0.2, -0.15) is 0 Å². The number of aliphatic carboxylic acids is 1. The minimum absolute atomic E-state index is 0.138. The lowest BCUT2D eigenvalue weighted by atomic mass is 9.72. The van der Waals surface area contributed by atoms with E-state index in [4.69, 9.17) is 9.97 Å². The van der Waals surface area contributed by atoms with Gasteiger partial charge >= 0.3 is 5.97 Å². The van der Waals surface area contributed by atoms with Gasteiger partial charge in [0, 0.05) is 44.4 Å². The molecule has 2 aromatic heterocycles. The van der Waals surface area contributed by atoms with E-state index in [1.165, 1.54) is 56.3 Å². The summed E-state index contributed by atoms with van der Waals surface area (Å²) in [6, 6.07) is 10.5. The third-order valence-corrected chi connectivity index (χ3v) is 11.7. The van der Waals surface area contributed by atoms with Gasteiger partial charge in [0.1, 0.15) is 11.7 Å². The fourth-order valence-electron chi connectivity index (χ4n) is 8.31. The van der Waals surface area contributed by atoms with Gasteiger partial charge in [-0.15, -0.1) is 0 Å². The number of rotatable bonds is 12. The Labute approximate surface area is 295 Å². The number of carbonyl (C=O) groups is 3. The van der Waals surface area contributed by atoms with Gasteiger partial charge in [-0.1, -0.05) is 62.9 Å². The molecule has 0 bridgehead atoms. The molecule has 1 atom stereocenters. The molecule has 7 rings (SSSR count). The highest BCUT2D eigenvalue weighted by Gasteiger charge is 2.39. The number of hydrogen-bond acceptors (Lipinski definition) is 7. The number of hydrogen-bond donors (Lipinski definition) is 2. The Morgan fingerprint density at radius 3 is 2.12 bits per heavy atom. The van der Waals surface area contributed by atoms with Crippen LogP contribution in [0.15, 0.2) is 55.0 Å². The maximum absolute atomic E-state index is 13.5. The first-order valence-corrected chi connectivity index (χ1v) is 18.8. The quantitative estimate of drug-likeness (QED) is 0.235. The van der Waals surface area contributed by atoms with Crippen molar-refractivity contribution in [2.75, 3.05) is 31.1 Å². The van der Waals surface area contributed by atoms with Crippen LogP contribution in [0.3, 0.4) is 0 Å². The van der Waals surface area contributed by atoms with Gasteiger partial charge in [-0.3, -0.25) is 19.4 Å². The molecule has 50 heavy (non-hydrogen) atoms. The number of benzene rings is 1. The molecule has 2 saturated carbocycles. The Morgan fingerprint density at radius 2 is 1.52 bits per heavy atom. The van der Waals surface area contributed by atoms with Crippen LogP contribution in [0, 0.1) is 23.7 Å². The highest BCUT2D eigenvalue weighted by Crippen LogP contribution is 2.40. The normalized spacial score (nSPS) is 22.1. The smallest absolute Gasteiger partial charge is 0.310 e. The number of amides is 2. The fraction of sp³-hybridized carbons (Fsp3) is 0.550. The third kappa shape index (κ3) is 8.00. The molecule has 264 valence electrons. The number of pyridine rings is 1. The second kappa shape index (κ2) is 15.3. The first-order chi connectivity index (χ1) is 24.3. The molecule has 4 heterocycles. The molecule has 2 aliphatic heterocycles. The summed E-state index contributed by atoms with van der Waals surface area (Å²) in [5.41, 5.74) is 4.18. The zero-order valence-electron chi connectivity index (χ0n) is 29.2. The van der Waals surface area contributed by atoms with Crippen molar-refractivity contribution < 1.29 is 19.5 Å². The van der Waals surface area contributed by atoms with E-state index in [1.54, 1.807) is 12.3 Å². The molecule has 1 aromatic carbocycles. The van der Waals surface area contributed by atoms with Gasteiger partial charge in [0.05, 0.1) is 24.0 Å². The molecule has 10 heteroatoms. The predicted molar refractivity (Wildman–Crippen MR) is 192 cm³/mol. The number of likely N-dealkylation sites (tertiary alicyclic amines) is 1. The van der Waals surface area contributed by atoms with E-state index in [0.29, 0.717) is 11.7 Å². The molecule has 2 N–H and O–H groups in total. The second-order valence-electron chi connectivity index (χ2n) is 15.1. The molecule has 2 aliphatic carbocycles. The van der Waals surface area contributed by atoms with Gasteiger partial charge in [-0.05, 0) is 79.4 Å². The van der Waals surface area contributed by atoms with E-state index in [-0.39, 0.29) is 31.1 Å². The van der Waals surface area contributed by atoms with Gasteiger partial charge < -0.3 is 20.2 Å². The topological polar surface area (TPSA) is 129 Å². The Hall–Kier alpha value is -4.34. The number of aromatic nitrogens is 3. The number of nitrogens with zero attached hydrogens (tertiary/aromatic N) is 5. The van der Waals surface area contributed by atoms with E-state index in [2.05, 4.69) is 22.1 Å². The minimum Gasteiger partial charge on any atom is -0.481 e. The number of carboxylic acids is 1. The maximum Gasteiger partial charge on any atom is 0.310 e. The average Bonchev–Trinajstić information content (AvgIpc) is 3.98. The van der Waals surface area contributed by atoms with Crippen LogP contribution in [0.4, 0.5) is 5.69 Å². The number of nitrogens with one attached hydrogen (secondary N) is 1. The lowest BCUT2D eigenvalue weighted by Gasteiger charge is -2.39. The van der Waals surface area contributed by atoms with E-state index >= 15 is 0 Å². The Kier molecular flexibility index (Phi) is 10.4. The van der Waals surface area contributed by atoms with Crippen molar-refractivity contribution in [1.29, 1.82) is 0 Å². The number of piperidine rings is 1. The molecule has 0 spiro atoms. The van der Waals surface area contributed by atoms with Crippen LogP contribution in [0.25, 0.3) is 11.4 Å². The molecule has 2 amide bonds. The van der Waals surface area contributed by atoms with Crippen LogP contribution in [0.2, 0.25) is 0 Å². The monoisotopic (exact) mass is 678 g/mol. The largest absolute Gasteiger partial charge is 0.481 e. The summed E-state index contributed by atoms with van der Waals surface area (Å²) in [5.74, 6) is 1.66. The molecule has 10 nitrogen and oxygen atoms in total. The molecule has 3 aromatic rings. The summed E-state index contributed by atoms with van der Waals surface area (Å²) in [4.78, 5) is 55.7. The van der Waals surface area contributed by atoms with Crippen molar-refractivity contribution in [2.24, 2.45) is 23.7 Å². The average molecular weight is 679 g/mol. The minimum atomic E-state index is -0.917. The summed E-state index contributed by atoms with van der Waals surface area (Å²) >= 11 is 0. The van der Waals surface area contributed by atoms with Gasteiger partial charge in [-0.25, -0.2) is 9.97 Å². The summed E-state index contributed by atoms with van der Waals surface area (Å²) in [7, 11) is 0. The standard InChI is InChI=1S/C40H50N6O4/c1-2-3-26-4-8-28(9-5-26)30-16-18-45(19-17-30)34-22-42-37(43-23-34)31-10-6-27(7-11-31)20-36(39(48)46-24-33(25-46)40(49)50)44-38(47)35-15-14-32(21-41-35)29-12-13-29/h6-7,10-11,14-15,21-23,26,28-30,33,36H,2-5,8-9,12-13,16-20,24-25H2,1H3,(H,44,47)(H,49,50)/t26?,28?,36-/m0/s1. The Balaban J connectivity index is 0.952. The Bertz CT molecular complexity index is 1620. The highest BCUT2D eigenvalue weighted by molar-refractivity contribution is 5.96. The molecule has 2 saturated heterocycles. The lowest BCUT2D eigenvalue weighted by Crippen LogP contribution is -2.59. The lowest BCUT2D eigenvalue weighted by molar-refractivity contribution is -0.153. The van der Waals surface area contributed by atoms with Crippen LogP contribution in [-0.2, 0) is 16.0 Å². The predicted octanol–water partition coefficient (Wildman–Crippen LogP) is 6.12. The van der Waals surface area contributed by atoms with Crippen molar-refractivity contribution in [3.05, 3.63) is 71.8 Å². The first-order valence-electron chi connectivity index (χ1n) is 18.8. The molecule has 0 radical (unpaired) electrons. The zero-order chi connectivity index (χ0) is 34.6. The SMILES string of the molecule is CCCC1CCC(C2CCN(c3cnc(-c4ccc(C[C@H](NC(=O)c5ccc(C6CC6)cn5)C(=O)N5CC(C(=O)O)C5)cc4)nc3)CC2)CC1.